The van der Waals surface area contributed by atoms with Gasteiger partial charge >= 0.3 is 25.4 Å². The van der Waals surface area contributed by atoms with E-state index in [0.29, 0.717) is 86.5 Å². The van der Waals surface area contributed by atoms with Crippen molar-refractivity contribution in [1.29, 1.82) is 5.26 Å². The second kappa shape index (κ2) is 25.5. The van der Waals surface area contributed by atoms with Crippen LogP contribution in [0, 0.1) is 73.2 Å². The number of benzene rings is 4. The molecule has 0 bridgehead atoms. The van der Waals surface area contributed by atoms with Crippen molar-refractivity contribution in [1.82, 2.24) is 9.97 Å². The summed E-state index contributed by atoms with van der Waals surface area (Å²) < 4.78 is 6.28. The average molecular weight is 1110 g/mol. The van der Waals surface area contributed by atoms with Crippen LogP contribution in [-0.2, 0) is 33.9 Å². The normalized spacial score (nSPS) is 24.2. The topological polar surface area (TPSA) is 137 Å². The smallest absolute Gasteiger partial charge is 0.671 e. The Morgan fingerprint density at radius 1 is 0.688 bits per heavy atom. The Hall–Kier alpha value is -7.27. The molecule has 2 aliphatic carbocycles. The van der Waals surface area contributed by atoms with Crippen LogP contribution in [0.15, 0.2) is 154 Å². The number of aryl methyl sites for hydroxylation is 2. The molecule has 5 unspecified atom stereocenters. The van der Waals surface area contributed by atoms with Crippen molar-refractivity contribution >= 4 is 45.9 Å². The maximum atomic E-state index is 13.9. The molecule has 4 aliphatic rings. The van der Waals surface area contributed by atoms with Crippen LogP contribution >= 0.6 is 0 Å². The Balaban J connectivity index is 0.000000208. The molecular formula is C69H72N6O4Zn. The van der Waals surface area contributed by atoms with Gasteiger partial charge in [0.1, 0.15) is 12.2 Å². The molecule has 0 amide bonds. The standard InChI is InChI=1S/C35H37N3O2.C34H36N3O2.Zn/c1-20-18-21(2)34(22(3)19-20)40-35(39)28-24(5)37-31(29(28)26-14-10-8-11-15-26)23(4)32-30(27-16-12-9-13-17-27)33(36-7)25(6)38-32;1-20-16-21(2)30(22(3)17-20)34(39-38)31-24(5)37-29(33(31)26-14-10-7-11-15-26)18-28-32(25-12-8-6-9-13-25)27(19-35)23(4)36-28;/h8-17,20-22,34H,18-19H2,1-6H3,(H,37,38,39);6-15,18,20-22,30,34,38H,16-17H2,1-5H3;/q;-1;+2/p-1/b;29-18-;. The van der Waals surface area contributed by atoms with Crippen LogP contribution < -0.4 is 9.97 Å². The van der Waals surface area contributed by atoms with E-state index in [-0.39, 0.29) is 37.5 Å². The van der Waals surface area contributed by atoms with Crippen LogP contribution in [0.1, 0.15) is 127 Å². The number of aromatic nitrogens is 2. The summed E-state index contributed by atoms with van der Waals surface area (Å²) in [6.07, 6.45) is 5.69. The van der Waals surface area contributed by atoms with Crippen LogP contribution in [0.25, 0.3) is 49.9 Å². The van der Waals surface area contributed by atoms with Crippen LogP contribution in [0.5, 0.6) is 0 Å². The van der Waals surface area contributed by atoms with Gasteiger partial charge in [0.25, 0.3) is 0 Å². The molecular weight excluding hydrogens is 1040 g/mol. The minimum absolute atomic E-state index is 0. The molecule has 1 N–H and O–H groups in total. The fourth-order valence-corrected chi connectivity index (χ4v) is 13.6. The zero-order chi connectivity index (χ0) is 56.2. The van der Waals surface area contributed by atoms with E-state index in [1.54, 1.807) is 0 Å². The number of allylic oxidation sites excluding steroid dienone is 3. The van der Waals surface area contributed by atoms with Crippen molar-refractivity contribution in [3.05, 3.63) is 195 Å². The summed E-state index contributed by atoms with van der Waals surface area (Å²) in [6, 6.07) is 42.2. The molecule has 80 heavy (non-hydrogen) atoms. The first-order valence-corrected chi connectivity index (χ1v) is 27.9. The first-order chi connectivity index (χ1) is 38.0. The zero-order valence-electron chi connectivity index (χ0n) is 48.2. The van der Waals surface area contributed by atoms with Crippen LogP contribution in [0.4, 0.5) is 5.69 Å². The maximum absolute atomic E-state index is 13.9. The third kappa shape index (κ3) is 11.8. The predicted molar refractivity (Wildman–Crippen MR) is 319 cm³/mol. The number of carbonyl (C=O) groups is 1. The molecule has 2 aliphatic heterocycles. The van der Waals surface area contributed by atoms with Crippen molar-refractivity contribution in [2.75, 3.05) is 0 Å². The van der Waals surface area contributed by atoms with Gasteiger partial charge in [0.05, 0.1) is 35.3 Å². The maximum Gasteiger partial charge on any atom is 2.00 e. The molecule has 0 spiro atoms. The number of rotatable bonds is 11. The number of hydrogen-bond donors (Lipinski definition) is 1. The van der Waals surface area contributed by atoms with E-state index in [1.165, 1.54) is 0 Å². The van der Waals surface area contributed by atoms with Crippen molar-refractivity contribution < 1.29 is 39.2 Å². The van der Waals surface area contributed by atoms with Gasteiger partial charge in [-0.1, -0.05) is 177 Å². The van der Waals surface area contributed by atoms with Crippen LogP contribution in [-0.4, -0.2) is 34.9 Å². The largest absolute Gasteiger partial charge is 2.00 e. The quantitative estimate of drug-likeness (QED) is 0.0448. The Labute approximate surface area is 486 Å². The summed E-state index contributed by atoms with van der Waals surface area (Å²) in [5, 5.41) is 20.4. The van der Waals surface area contributed by atoms with Crippen molar-refractivity contribution in [2.45, 2.75) is 114 Å². The summed E-state index contributed by atoms with van der Waals surface area (Å²) in [5.74, 6) is 2.52. The number of carbonyl (C=O) groups excluding carboxylic acids is 1. The Morgan fingerprint density at radius 3 is 1.68 bits per heavy atom. The van der Waals surface area contributed by atoms with Gasteiger partial charge in [0.15, 0.2) is 5.69 Å². The summed E-state index contributed by atoms with van der Waals surface area (Å²) in [7, 11) is 0. The molecule has 5 atom stereocenters. The number of aliphatic imine (C=N–C) groups is 2. The minimum Gasteiger partial charge on any atom is -0.671 e. The van der Waals surface area contributed by atoms with E-state index in [4.69, 9.17) is 36.1 Å². The van der Waals surface area contributed by atoms with Gasteiger partial charge in [-0.15, -0.1) is 17.1 Å². The molecule has 0 radical (unpaired) electrons. The predicted octanol–water partition coefficient (Wildman–Crippen LogP) is 16.4. The first-order valence-electron chi connectivity index (χ1n) is 27.9. The zero-order valence-corrected chi connectivity index (χ0v) is 51.2. The molecule has 10 rings (SSSR count). The van der Waals surface area contributed by atoms with Crippen LogP contribution in [0.3, 0.4) is 0 Å². The van der Waals surface area contributed by atoms with Gasteiger partial charge in [-0.2, -0.15) is 11.0 Å². The summed E-state index contributed by atoms with van der Waals surface area (Å²) in [4.78, 5) is 42.9. The fourth-order valence-electron chi connectivity index (χ4n) is 13.6. The average Bonchev–Trinajstić information content (AvgIpc) is 4.25. The number of hydrogen-bond acceptors (Lipinski definition) is 7. The third-order valence-electron chi connectivity index (χ3n) is 16.8. The van der Waals surface area contributed by atoms with Crippen molar-refractivity contribution in [2.24, 2.45) is 51.4 Å². The summed E-state index contributed by atoms with van der Waals surface area (Å²) >= 11 is 0. The molecule has 4 heterocycles. The third-order valence-corrected chi connectivity index (χ3v) is 16.8. The van der Waals surface area contributed by atoms with Gasteiger partial charge in [-0.05, 0) is 133 Å². The molecule has 11 heteroatoms. The van der Waals surface area contributed by atoms with Gasteiger partial charge in [-0.3, -0.25) is 15.2 Å². The SMILES string of the molecule is CC1=N/C(=C\c2[n-]c(C)c(C#N)c2-c2ccccc2)C(c2ccccc2)=C1C(OO)C1C(C)CC(C)CC1C.[C-]#[N+]c1c(C)[n-]c(/C(C)=C2\N=C(C)C(C(=O)OC3C(C)CC(C)CC3C)=C2c2ccccc2)c1-c1ccccc1.[Zn+2]. The van der Waals surface area contributed by atoms with E-state index in [0.717, 1.165) is 92.8 Å². The van der Waals surface area contributed by atoms with E-state index < -0.39 is 6.10 Å². The molecule has 2 fully saturated rings. The van der Waals surface area contributed by atoms with E-state index in [2.05, 4.69) is 64.6 Å². The van der Waals surface area contributed by atoms with Crippen molar-refractivity contribution in [3.8, 4) is 28.3 Å². The summed E-state index contributed by atoms with van der Waals surface area (Å²) in [6.45, 7) is 31.0. The molecule has 404 valence electrons. The molecule has 0 saturated heterocycles. The number of ether oxygens (including phenoxy) is 1. The molecule has 10 nitrogen and oxygen atoms in total. The number of esters is 1. The second-order valence-corrected chi connectivity index (χ2v) is 22.8. The molecule has 2 aromatic heterocycles. The first kappa shape index (κ1) is 58.9. The molecule has 2 saturated carbocycles. The Morgan fingerprint density at radius 2 is 1.18 bits per heavy atom. The molecule has 4 aromatic carbocycles. The monoisotopic (exact) mass is 1110 g/mol. The van der Waals surface area contributed by atoms with Gasteiger partial charge in [0.2, 0.25) is 0 Å². The van der Waals surface area contributed by atoms with E-state index in [1.807, 2.05) is 150 Å². The Kier molecular flexibility index (Phi) is 18.7. The van der Waals surface area contributed by atoms with Crippen LogP contribution in [0.2, 0.25) is 0 Å². The number of nitriles is 1. The van der Waals surface area contributed by atoms with Gasteiger partial charge in [0, 0.05) is 28.0 Å². The summed E-state index contributed by atoms with van der Waals surface area (Å²) in [5.41, 5.74) is 16.2. The van der Waals surface area contributed by atoms with E-state index >= 15 is 0 Å². The number of nitrogens with zero attached hydrogens (tertiary/aromatic N) is 6. The van der Waals surface area contributed by atoms with Crippen molar-refractivity contribution in [3.63, 3.8) is 0 Å². The van der Waals surface area contributed by atoms with Gasteiger partial charge < -0.3 is 14.7 Å². The fraction of sp³-hybridized carbons (Fsp3) is 0.348. The van der Waals surface area contributed by atoms with E-state index in [9.17, 15) is 15.3 Å². The minimum atomic E-state index is -0.495. The molecule has 6 aromatic rings. The Bertz CT molecular complexity index is 3490. The van der Waals surface area contributed by atoms with Gasteiger partial charge in [-0.25, -0.2) is 14.5 Å². The second-order valence-electron chi connectivity index (χ2n) is 22.8.